The summed E-state index contributed by atoms with van der Waals surface area (Å²) >= 11 is 9.99. The molecular formula is C10H11KS2. The SMILES string of the molecule is Cc1cc(C)c(C(=S)[S-])c(C)c1.[K+]. The summed E-state index contributed by atoms with van der Waals surface area (Å²) in [5, 5.41) is 0. The van der Waals surface area contributed by atoms with Crippen LogP contribution in [0.25, 0.3) is 0 Å². The molecule has 0 unspecified atom stereocenters. The second-order valence-corrected chi connectivity index (χ2v) is 4.14. The van der Waals surface area contributed by atoms with Crippen LogP contribution >= 0.6 is 12.2 Å². The molecule has 0 saturated heterocycles. The topological polar surface area (TPSA) is 0 Å². The maximum atomic E-state index is 5.00. The number of aryl methyl sites for hydroxylation is 3. The van der Waals surface area contributed by atoms with Crippen molar-refractivity contribution in [2.45, 2.75) is 20.8 Å². The van der Waals surface area contributed by atoms with Crippen molar-refractivity contribution in [3.05, 3.63) is 34.4 Å². The van der Waals surface area contributed by atoms with Crippen LogP contribution in [0.2, 0.25) is 0 Å². The Bertz CT molecular complexity index is 309. The van der Waals surface area contributed by atoms with E-state index in [1.165, 1.54) is 16.7 Å². The second kappa shape index (κ2) is 5.91. The molecule has 0 saturated carbocycles. The Labute approximate surface area is 133 Å². The summed E-state index contributed by atoms with van der Waals surface area (Å²) in [4.78, 5) is 0. The van der Waals surface area contributed by atoms with Gasteiger partial charge in [0, 0.05) is 0 Å². The molecule has 64 valence electrons. The summed E-state index contributed by atoms with van der Waals surface area (Å²) in [7, 11) is 0. The van der Waals surface area contributed by atoms with Gasteiger partial charge in [0.2, 0.25) is 0 Å². The molecule has 0 aromatic heterocycles. The molecule has 3 heteroatoms. The van der Waals surface area contributed by atoms with Crippen molar-refractivity contribution in [2.24, 2.45) is 0 Å². The third-order valence-corrected chi connectivity index (χ3v) is 2.29. The molecular weight excluding hydrogens is 223 g/mol. The minimum atomic E-state index is 0. The molecule has 1 rings (SSSR count). The van der Waals surface area contributed by atoms with Crippen molar-refractivity contribution >= 4 is 29.0 Å². The maximum Gasteiger partial charge on any atom is 1.00 e. The Balaban J connectivity index is 0.00000144. The quantitative estimate of drug-likeness (QED) is 0.376. The van der Waals surface area contributed by atoms with Crippen LogP contribution < -0.4 is 51.4 Å². The van der Waals surface area contributed by atoms with Crippen LogP contribution in [0.3, 0.4) is 0 Å². The number of hydrogen-bond donors (Lipinski definition) is 0. The Morgan fingerprint density at radius 3 is 1.85 bits per heavy atom. The predicted octanol–water partition coefficient (Wildman–Crippen LogP) is -0.162. The van der Waals surface area contributed by atoms with Gasteiger partial charge >= 0.3 is 51.4 Å². The molecule has 0 aliphatic heterocycles. The monoisotopic (exact) mass is 234 g/mol. The summed E-state index contributed by atoms with van der Waals surface area (Å²) < 4.78 is 0.574. The van der Waals surface area contributed by atoms with Gasteiger partial charge in [0.05, 0.1) is 0 Å². The fourth-order valence-corrected chi connectivity index (χ4v) is 2.15. The van der Waals surface area contributed by atoms with Crippen LogP contribution in [-0.2, 0) is 12.6 Å². The van der Waals surface area contributed by atoms with Gasteiger partial charge in [-0.05, 0) is 37.5 Å². The van der Waals surface area contributed by atoms with Crippen LogP contribution in [0.1, 0.15) is 22.3 Å². The van der Waals surface area contributed by atoms with Gasteiger partial charge < -0.3 is 24.8 Å². The van der Waals surface area contributed by atoms with Crippen LogP contribution in [0, 0.1) is 20.8 Å². The summed E-state index contributed by atoms with van der Waals surface area (Å²) in [5.74, 6) is 0. The van der Waals surface area contributed by atoms with Crippen LogP contribution in [0.15, 0.2) is 12.1 Å². The number of rotatable bonds is 1. The van der Waals surface area contributed by atoms with Crippen LogP contribution in [-0.4, -0.2) is 4.20 Å². The molecule has 1 aromatic carbocycles. The van der Waals surface area contributed by atoms with E-state index < -0.39 is 0 Å². The zero-order valence-corrected chi connectivity index (χ0v) is 13.2. The number of hydrogen-bond acceptors (Lipinski definition) is 2. The van der Waals surface area contributed by atoms with Gasteiger partial charge in [-0.2, -0.15) is 0 Å². The van der Waals surface area contributed by atoms with Crippen molar-refractivity contribution in [3.8, 4) is 0 Å². The fourth-order valence-electron chi connectivity index (χ4n) is 1.50. The number of benzene rings is 1. The smallest absolute Gasteiger partial charge is 0.428 e. The third-order valence-electron chi connectivity index (χ3n) is 1.88. The van der Waals surface area contributed by atoms with E-state index in [1.54, 1.807) is 0 Å². The van der Waals surface area contributed by atoms with E-state index in [-0.39, 0.29) is 51.4 Å². The molecule has 0 fully saturated rings. The molecule has 0 heterocycles. The molecule has 0 aliphatic carbocycles. The minimum Gasteiger partial charge on any atom is -0.428 e. The van der Waals surface area contributed by atoms with Gasteiger partial charge in [-0.1, -0.05) is 17.7 Å². The summed E-state index contributed by atoms with van der Waals surface area (Å²) in [6, 6.07) is 4.22. The van der Waals surface area contributed by atoms with E-state index in [0.29, 0.717) is 4.20 Å². The Hall–Kier alpha value is 1.17. The normalized spacial score (nSPS) is 9.15. The van der Waals surface area contributed by atoms with E-state index in [1.807, 2.05) is 13.8 Å². The summed E-state index contributed by atoms with van der Waals surface area (Å²) in [6.45, 7) is 6.18. The van der Waals surface area contributed by atoms with Gasteiger partial charge in [-0.25, -0.2) is 0 Å². The molecule has 0 aliphatic rings. The molecule has 0 spiro atoms. The third kappa shape index (κ3) is 3.66. The van der Waals surface area contributed by atoms with Gasteiger partial charge in [0.25, 0.3) is 0 Å². The average Bonchev–Trinajstić information content (AvgIpc) is 1.82. The predicted molar refractivity (Wildman–Crippen MR) is 59.7 cm³/mol. The van der Waals surface area contributed by atoms with Crippen molar-refractivity contribution in [1.29, 1.82) is 0 Å². The zero-order valence-electron chi connectivity index (χ0n) is 8.47. The molecule has 0 radical (unpaired) electrons. The summed E-state index contributed by atoms with van der Waals surface area (Å²) in [5.41, 5.74) is 4.70. The fraction of sp³-hybridized carbons (Fsp3) is 0.300. The van der Waals surface area contributed by atoms with Crippen LogP contribution in [0.5, 0.6) is 0 Å². The first-order valence-electron chi connectivity index (χ1n) is 3.81. The average molecular weight is 234 g/mol. The van der Waals surface area contributed by atoms with Crippen molar-refractivity contribution in [3.63, 3.8) is 0 Å². The van der Waals surface area contributed by atoms with Gasteiger partial charge in [0.1, 0.15) is 0 Å². The van der Waals surface area contributed by atoms with Crippen molar-refractivity contribution in [2.75, 3.05) is 0 Å². The first-order chi connectivity index (χ1) is 5.52. The molecule has 0 bridgehead atoms. The van der Waals surface area contributed by atoms with Gasteiger partial charge in [-0.15, -0.1) is 4.20 Å². The standard InChI is InChI=1S/C10H12S2.K/c1-6-4-7(2)9(10(11)12)8(3)5-6;/h4-5H,1-3H3,(H,11,12);/q;+1/p-1. The van der Waals surface area contributed by atoms with Crippen molar-refractivity contribution in [1.82, 2.24) is 0 Å². The molecule has 0 nitrogen and oxygen atoms in total. The maximum absolute atomic E-state index is 5.00. The Morgan fingerprint density at radius 2 is 1.54 bits per heavy atom. The first kappa shape index (κ1) is 14.2. The second-order valence-electron chi connectivity index (χ2n) is 3.06. The van der Waals surface area contributed by atoms with E-state index in [9.17, 15) is 0 Å². The largest absolute Gasteiger partial charge is 1.00 e. The number of thiocarbonyl (C=S) groups is 1. The molecule has 0 N–H and O–H groups in total. The first-order valence-corrected chi connectivity index (χ1v) is 4.63. The van der Waals surface area contributed by atoms with E-state index >= 15 is 0 Å². The molecule has 1 aromatic rings. The summed E-state index contributed by atoms with van der Waals surface area (Å²) in [6.07, 6.45) is 0. The Morgan fingerprint density at radius 1 is 1.15 bits per heavy atom. The molecule has 0 atom stereocenters. The van der Waals surface area contributed by atoms with E-state index in [0.717, 1.165) is 5.56 Å². The zero-order chi connectivity index (χ0) is 9.30. The molecule has 13 heavy (non-hydrogen) atoms. The van der Waals surface area contributed by atoms with E-state index in [2.05, 4.69) is 19.1 Å². The van der Waals surface area contributed by atoms with Crippen LogP contribution in [0.4, 0.5) is 0 Å². The van der Waals surface area contributed by atoms with E-state index in [4.69, 9.17) is 24.8 Å². The van der Waals surface area contributed by atoms with Crippen molar-refractivity contribution < 1.29 is 51.4 Å². The van der Waals surface area contributed by atoms with Gasteiger partial charge in [-0.3, -0.25) is 0 Å². The Kier molecular flexibility index (Phi) is 6.44. The van der Waals surface area contributed by atoms with Gasteiger partial charge in [0.15, 0.2) is 0 Å². The molecule has 0 amide bonds. The minimum absolute atomic E-state index is 0.